The molecule has 7 nitrogen and oxygen atoms in total. The predicted octanol–water partition coefficient (Wildman–Crippen LogP) is 2.12. The minimum Gasteiger partial charge on any atom is -0.486 e. The number of rotatable bonds is 4. The third-order valence-electron chi connectivity index (χ3n) is 4.71. The zero-order chi connectivity index (χ0) is 18.9. The van der Waals surface area contributed by atoms with Crippen molar-refractivity contribution in [3.05, 3.63) is 46.7 Å². The summed E-state index contributed by atoms with van der Waals surface area (Å²) in [6.45, 7) is 4.09. The Bertz CT molecular complexity index is 916. The molecule has 0 aliphatic carbocycles. The van der Waals surface area contributed by atoms with Gasteiger partial charge in [-0.2, -0.15) is 4.31 Å². The minimum atomic E-state index is -3.48. The molecule has 1 aromatic carbocycles. The van der Waals surface area contributed by atoms with Crippen LogP contribution in [0.3, 0.4) is 0 Å². The van der Waals surface area contributed by atoms with Gasteiger partial charge in [-0.25, -0.2) is 8.42 Å². The van der Waals surface area contributed by atoms with Crippen LogP contribution in [0.4, 0.5) is 0 Å². The first kappa shape index (κ1) is 18.7. The number of halogens is 1. The second-order valence-corrected chi connectivity index (χ2v) is 9.25. The van der Waals surface area contributed by atoms with Crippen LogP contribution in [-0.4, -0.2) is 62.0 Å². The predicted molar refractivity (Wildman–Crippen MR) is 103 cm³/mol. The number of aromatic nitrogens is 1. The number of hydrogen-bond donors (Lipinski definition) is 0. The monoisotopic (exact) mass is 453 g/mol. The van der Waals surface area contributed by atoms with Crippen molar-refractivity contribution in [2.45, 2.75) is 11.4 Å². The Balaban J connectivity index is 1.42. The molecule has 27 heavy (non-hydrogen) atoms. The van der Waals surface area contributed by atoms with Gasteiger partial charge in [0.1, 0.15) is 18.1 Å². The van der Waals surface area contributed by atoms with Gasteiger partial charge >= 0.3 is 0 Å². The Hall–Kier alpha value is -1.68. The van der Waals surface area contributed by atoms with Gasteiger partial charge < -0.3 is 9.47 Å². The Morgan fingerprint density at radius 2 is 1.78 bits per heavy atom. The molecule has 4 rings (SSSR count). The maximum Gasteiger partial charge on any atom is 0.244 e. The van der Waals surface area contributed by atoms with Gasteiger partial charge in [0.25, 0.3) is 0 Å². The third kappa shape index (κ3) is 3.96. The number of ether oxygens (including phenoxy) is 2. The van der Waals surface area contributed by atoms with Crippen LogP contribution in [-0.2, 0) is 16.6 Å². The zero-order valence-corrected chi connectivity index (χ0v) is 17.1. The standard InChI is InChI=1S/C18H20BrN3O4S/c19-16-11-18-17(25-8-9-26-18)10-14(16)13-21-4-6-22(7-5-21)27(23,24)15-2-1-3-20-12-15/h1-3,10-12H,4-9,13H2. The summed E-state index contributed by atoms with van der Waals surface area (Å²) in [6.07, 6.45) is 2.97. The van der Waals surface area contributed by atoms with Gasteiger partial charge in [0.15, 0.2) is 11.5 Å². The highest BCUT2D eigenvalue weighted by atomic mass is 79.9. The second kappa shape index (κ2) is 7.75. The highest BCUT2D eigenvalue weighted by Gasteiger charge is 2.29. The molecule has 0 unspecified atom stereocenters. The van der Waals surface area contributed by atoms with E-state index in [2.05, 4.69) is 25.8 Å². The van der Waals surface area contributed by atoms with Gasteiger partial charge in [0, 0.05) is 49.6 Å². The van der Waals surface area contributed by atoms with Crippen molar-refractivity contribution in [2.75, 3.05) is 39.4 Å². The zero-order valence-electron chi connectivity index (χ0n) is 14.7. The molecule has 2 aromatic rings. The summed E-state index contributed by atoms with van der Waals surface area (Å²) in [4.78, 5) is 6.40. The molecule has 2 aliphatic rings. The highest BCUT2D eigenvalue weighted by molar-refractivity contribution is 9.10. The van der Waals surface area contributed by atoms with Gasteiger partial charge in [-0.05, 0) is 29.8 Å². The van der Waals surface area contributed by atoms with E-state index >= 15 is 0 Å². The first-order valence-corrected chi connectivity index (χ1v) is 11.0. The number of hydrogen-bond acceptors (Lipinski definition) is 6. The normalized spacial score (nSPS) is 18.4. The van der Waals surface area contributed by atoms with E-state index in [4.69, 9.17) is 9.47 Å². The van der Waals surface area contributed by atoms with E-state index in [-0.39, 0.29) is 4.90 Å². The molecule has 0 spiro atoms. The van der Waals surface area contributed by atoms with Gasteiger partial charge in [-0.1, -0.05) is 15.9 Å². The van der Waals surface area contributed by atoms with Crippen LogP contribution in [0.15, 0.2) is 46.0 Å². The van der Waals surface area contributed by atoms with Crippen molar-refractivity contribution >= 4 is 26.0 Å². The second-order valence-electron chi connectivity index (χ2n) is 6.46. The Labute approximate surface area is 167 Å². The molecule has 9 heteroatoms. The summed E-state index contributed by atoms with van der Waals surface area (Å²) in [5, 5.41) is 0. The summed E-state index contributed by atoms with van der Waals surface area (Å²) < 4.78 is 39.1. The van der Waals surface area contributed by atoms with E-state index in [1.54, 1.807) is 18.3 Å². The number of fused-ring (bicyclic) bond motifs is 1. The Morgan fingerprint density at radius 3 is 2.44 bits per heavy atom. The van der Waals surface area contributed by atoms with Gasteiger partial charge in [-0.15, -0.1) is 0 Å². The molecule has 0 saturated carbocycles. The molecule has 3 heterocycles. The largest absolute Gasteiger partial charge is 0.486 e. The number of pyridine rings is 1. The van der Waals surface area contributed by atoms with Crippen molar-refractivity contribution in [2.24, 2.45) is 0 Å². The molecular formula is C18H20BrN3O4S. The first-order chi connectivity index (χ1) is 13.0. The van der Waals surface area contributed by atoms with E-state index in [0.29, 0.717) is 39.4 Å². The fourth-order valence-electron chi connectivity index (χ4n) is 3.24. The maximum atomic E-state index is 12.7. The SMILES string of the molecule is O=S(=O)(c1cccnc1)N1CCN(Cc2cc3c(cc2Br)OCCO3)CC1. The van der Waals surface area contributed by atoms with Crippen LogP contribution in [0.1, 0.15) is 5.56 Å². The minimum absolute atomic E-state index is 0.244. The van der Waals surface area contributed by atoms with E-state index < -0.39 is 10.0 Å². The lowest BCUT2D eigenvalue weighted by Crippen LogP contribution is -2.48. The molecule has 1 fully saturated rings. The molecule has 0 amide bonds. The summed E-state index contributed by atoms with van der Waals surface area (Å²) in [6, 6.07) is 7.16. The number of sulfonamides is 1. The summed E-state index contributed by atoms with van der Waals surface area (Å²) in [5.41, 5.74) is 1.10. The van der Waals surface area contributed by atoms with Crippen LogP contribution >= 0.6 is 15.9 Å². The Kier molecular flexibility index (Phi) is 5.36. The quantitative estimate of drug-likeness (QED) is 0.705. The van der Waals surface area contributed by atoms with E-state index in [0.717, 1.165) is 28.1 Å². The van der Waals surface area contributed by atoms with Crippen LogP contribution in [0.2, 0.25) is 0 Å². The van der Waals surface area contributed by atoms with Crippen molar-refractivity contribution in [1.29, 1.82) is 0 Å². The highest BCUT2D eigenvalue weighted by Crippen LogP contribution is 2.36. The van der Waals surface area contributed by atoms with E-state index in [1.807, 2.05) is 12.1 Å². The van der Waals surface area contributed by atoms with Crippen LogP contribution in [0.25, 0.3) is 0 Å². The summed E-state index contributed by atoms with van der Waals surface area (Å²) in [5.74, 6) is 1.52. The van der Waals surface area contributed by atoms with Crippen LogP contribution in [0.5, 0.6) is 11.5 Å². The summed E-state index contributed by atoms with van der Waals surface area (Å²) >= 11 is 3.60. The lowest BCUT2D eigenvalue weighted by molar-refractivity contribution is 0.168. The van der Waals surface area contributed by atoms with Crippen LogP contribution in [0, 0.1) is 0 Å². The summed E-state index contributed by atoms with van der Waals surface area (Å²) in [7, 11) is -3.48. The van der Waals surface area contributed by atoms with E-state index in [9.17, 15) is 8.42 Å². The maximum absolute atomic E-state index is 12.7. The number of piperazine rings is 1. The lowest BCUT2D eigenvalue weighted by Gasteiger charge is -2.34. The van der Waals surface area contributed by atoms with Gasteiger partial charge in [0.2, 0.25) is 10.0 Å². The lowest BCUT2D eigenvalue weighted by atomic mass is 10.1. The average Bonchev–Trinajstić information content (AvgIpc) is 2.70. The van der Waals surface area contributed by atoms with Gasteiger partial charge in [0.05, 0.1) is 0 Å². The van der Waals surface area contributed by atoms with Crippen molar-refractivity contribution < 1.29 is 17.9 Å². The molecule has 0 radical (unpaired) electrons. The van der Waals surface area contributed by atoms with Crippen molar-refractivity contribution in [3.63, 3.8) is 0 Å². The van der Waals surface area contributed by atoms with E-state index in [1.165, 1.54) is 10.5 Å². The van der Waals surface area contributed by atoms with Gasteiger partial charge in [-0.3, -0.25) is 9.88 Å². The van der Waals surface area contributed by atoms with Crippen molar-refractivity contribution in [1.82, 2.24) is 14.2 Å². The Morgan fingerprint density at radius 1 is 1.07 bits per heavy atom. The van der Waals surface area contributed by atoms with Crippen LogP contribution < -0.4 is 9.47 Å². The molecule has 1 saturated heterocycles. The molecule has 0 bridgehead atoms. The number of nitrogens with zero attached hydrogens (tertiary/aromatic N) is 3. The topological polar surface area (TPSA) is 72.0 Å². The molecule has 0 atom stereocenters. The van der Waals surface area contributed by atoms with Crippen molar-refractivity contribution in [3.8, 4) is 11.5 Å². The molecule has 1 aromatic heterocycles. The average molecular weight is 454 g/mol. The molecular weight excluding hydrogens is 434 g/mol. The third-order valence-corrected chi connectivity index (χ3v) is 7.33. The fourth-order valence-corrected chi connectivity index (χ4v) is 5.08. The molecule has 0 N–H and O–H groups in total. The molecule has 2 aliphatic heterocycles. The number of benzene rings is 1. The fraction of sp³-hybridized carbons (Fsp3) is 0.389. The first-order valence-electron chi connectivity index (χ1n) is 8.74. The smallest absolute Gasteiger partial charge is 0.244 e. The molecule has 144 valence electrons.